The summed E-state index contributed by atoms with van der Waals surface area (Å²) in [6.07, 6.45) is 1.57. The maximum absolute atomic E-state index is 8.96. The van der Waals surface area contributed by atoms with Gasteiger partial charge in [0.1, 0.15) is 0 Å². The van der Waals surface area contributed by atoms with Crippen molar-refractivity contribution in [2.75, 3.05) is 0 Å². The monoisotopic (exact) mass is 190 g/mol. The van der Waals surface area contributed by atoms with Gasteiger partial charge in [-0.1, -0.05) is 0 Å². The van der Waals surface area contributed by atoms with Crippen LogP contribution in [-0.2, 0) is 6.61 Å². The molecule has 0 bridgehead atoms. The van der Waals surface area contributed by atoms with Gasteiger partial charge in [0.25, 0.3) is 0 Å². The van der Waals surface area contributed by atoms with Crippen LogP contribution in [0.4, 0.5) is 0 Å². The molecule has 2 aromatic heterocycles. The van der Waals surface area contributed by atoms with Crippen LogP contribution in [0, 0.1) is 6.92 Å². The molecule has 2 rings (SSSR count). The first-order chi connectivity index (χ1) is 6.79. The van der Waals surface area contributed by atoms with Gasteiger partial charge in [-0.25, -0.2) is 9.97 Å². The van der Waals surface area contributed by atoms with Crippen molar-refractivity contribution in [2.24, 2.45) is 0 Å². The highest BCUT2D eigenvalue weighted by Gasteiger charge is 2.06. The second kappa shape index (κ2) is 3.59. The topological polar surface area (TPSA) is 59.2 Å². The van der Waals surface area contributed by atoms with Crippen molar-refractivity contribution >= 4 is 0 Å². The molecular formula is C10H10N2O2. The number of aryl methyl sites for hydroxylation is 1. The summed E-state index contributed by atoms with van der Waals surface area (Å²) in [6, 6.07) is 5.31. The van der Waals surface area contributed by atoms with Gasteiger partial charge < -0.3 is 9.52 Å². The second-order valence-electron chi connectivity index (χ2n) is 2.96. The lowest BCUT2D eigenvalue weighted by Crippen LogP contribution is -1.96. The first kappa shape index (κ1) is 8.90. The molecule has 0 aliphatic heterocycles. The molecule has 0 radical (unpaired) electrons. The number of aliphatic hydroxyl groups excluding tert-OH is 1. The molecule has 0 saturated heterocycles. The van der Waals surface area contributed by atoms with Crippen molar-refractivity contribution in [1.82, 2.24) is 9.97 Å². The number of aromatic nitrogens is 2. The van der Waals surface area contributed by atoms with E-state index in [2.05, 4.69) is 9.97 Å². The van der Waals surface area contributed by atoms with E-state index < -0.39 is 0 Å². The molecule has 2 heterocycles. The molecule has 0 amide bonds. The maximum atomic E-state index is 8.96. The Morgan fingerprint density at radius 1 is 1.43 bits per heavy atom. The number of hydrogen-bond acceptors (Lipinski definition) is 4. The molecule has 2 aromatic rings. The van der Waals surface area contributed by atoms with Crippen molar-refractivity contribution in [2.45, 2.75) is 13.5 Å². The Hall–Kier alpha value is -1.68. The van der Waals surface area contributed by atoms with Gasteiger partial charge in [-0.15, -0.1) is 0 Å². The quantitative estimate of drug-likeness (QED) is 0.780. The molecule has 0 saturated carbocycles. The zero-order valence-electron chi connectivity index (χ0n) is 7.77. The van der Waals surface area contributed by atoms with Crippen LogP contribution in [0.1, 0.15) is 11.4 Å². The Morgan fingerprint density at radius 2 is 2.29 bits per heavy atom. The zero-order valence-corrected chi connectivity index (χ0v) is 7.77. The SMILES string of the molecule is Cc1cc(CO)nc(-c2ccco2)n1. The summed E-state index contributed by atoms with van der Waals surface area (Å²) in [5.41, 5.74) is 1.42. The van der Waals surface area contributed by atoms with Crippen molar-refractivity contribution in [3.8, 4) is 11.6 Å². The minimum absolute atomic E-state index is 0.0862. The summed E-state index contributed by atoms with van der Waals surface area (Å²) in [6.45, 7) is 1.77. The van der Waals surface area contributed by atoms with E-state index in [-0.39, 0.29) is 6.61 Å². The summed E-state index contributed by atoms with van der Waals surface area (Å²) in [5.74, 6) is 1.13. The molecule has 1 N–H and O–H groups in total. The van der Waals surface area contributed by atoms with Crippen LogP contribution in [0.3, 0.4) is 0 Å². The largest absolute Gasteiger partial charge is 0.461 e. The number of rotatable bonds is 2. The van der Waals surface area contributed by atoms with Crippen LogP contribution in [0.5, 0.6) is 0 Å². The molecule has 0 aliphatic rings. The predicted molar refractivity (Wildman–Crippen MR) is 50.4 cm³/mol. The fourth-order valence-electron chi connectivity index (χ4n) is 1.23. The van der Waals surface area contributed by atoms with Gasteiger partial charge in [0.2, 0.25) is 0 Å². The normalized spacial score (nSPS) is 10.4. The number of aliphatic hydroxyl groups is 1. The molecule has 0 spiro atoms. The van der Waals surface area contributed by atoms with E-state index in [4.69, 9.17) is 9.52 Å². The summed E-state index contributed by atoms with van der Waals surface area (Å²) in [5, 5.41) is 8.96. The average Bonchev–Trinajstić information content (AvgIpc) is 2.69. The van der Waals surface area contributed by atoms with Crippen LogP contribution in [-0.4, -0.2) is 15.1 Å². The second-order valence-corrected chi connectivity index (χ2v) is 2.96. The van der Waals surface area contributed by atoms with E-state index in [0.717, 1.165) is 5.69 Å². The molecule has 0 unspecified atom stereocenters. The van der Waals surface area contributed by atoms with Crippen molar-refractivity contribution in [1.29, 1.82) is 0 Å². The van der Waals surface area contributed by atoms with Crippen LogP contribution in [0.15, 0.2) is 28.9 Å². The highest BCUT2D eigenvalue weighted by Crippen LogP contribution is 2.15. The van der Waals surface area contributed by atoms with Gasteiger partial charge in [0.15, 0.2) is 11.6 Å². The van der Waals surface area contributed by atoms with E-state index in [0.29, 0.717) is 17.3 Å². The highest BCUT2D eigenvalue weighted by atomic mass is 16.3. The molecular weight excluding hydrogens is 180 g/mol. The van der Waals surface area contributed by atoms with Gasteiger partial charge in [-0.05, 0) is 25.1 Å². The van der Waals surface area contributed by atoms with E-state index >= 15 is 0 Å². The molecule has 0 aliphatic carbocycles. The standard InChI is InChI=1S/C10H10N2O2/c1-7-5-8(6-13)12-10(11-7)9-3-2-4-14-9/h2-5,13H,6H2,1H3. The van der Waals surface area contributed by atoms with E-state index in [9.17, 15) is 0 Å². The van der Waals surface area contributed by atoms with Crippen LogP contribution >= 0.6 is 0 Å². The molecule has 0 fully saturated rings. The van der Waals surface area contributed by atoms with Crippen LogP contribution in [0.2, 0.25) is 0 Å². The average molecular weight is 190 g/mol. The van der Waals surface area contributed by atoms with Gasteiger partial charge >= 0.3 is 0 Å². The highest BCUT2D eigenvalue weighted by molar-refractivity contribution is 5.46. The Balaban J connectivity index is 2.48. The lowest BCUT2D eigenvalue weighted by Gasteiger charge is -2.00. The first-order valence-electron chi connectivity index (χ1n) is 4.29. The fourth-order valence-corrected chi connectivity index (χ4v) is 1.23. The van der Waals surface area contributed by atoms with Crippen molar-refractivity contribution < 1.29 is 9.52 Å². The van der Waals surface area contributed by atoms with Gasteiger partial charge in [-0.3, -0.25) is 0 Å². The minimum atomic E-state index is -0.0862. The van der Waals surface area contributed by atoms with Gasteiger partial charge in [-0.2, -0.15) is 0 Å². The molecule has 72 valence electrons. The van der Waals surface area contributed by atoms with Crippen molar-refractivity contribution in [3.63, 3.8) is 0 Å². The van der Waals surface area contributed by atoms with Crippen LogP contribution in [0.25, 0.3) is 11.6 Å². The lowest BCUT2D eigenvalue weighted by molar-refractivity contribution is 0.276. The van der Waals surface area contributed by atoms with Gasteiger partial charge in [0, 0.05) is 5.69 Å². The summed E-state index contributed by atoms with van der Waals surface area (Å²) < 4.78 is 5.17. The summed E-state index contributed by atoms with van der Waals surface area (Å²) >= 11 is 0. The predicted octanol–water partition coefficient (Wildman–Crippen LogP) is 1.54. The number of nitrogens with zero attached hydrogens (tertiary/aromatic N) is 2. The van der Waals surface area contributed by atoms with E-state index in [1.165, 1.54) is 0 Å². The fraction of sp³-hybridized carbons (Fsp3) is 0.200. The molecule has 0 atom stereocenters. The van der Waals surface area contributed by atoms with Crippen LogP contribution < -0.4 is 0 Å². The minimum Gasteiger partial charge on any atom is -0.461 e. The zero-order chi connectivity index (χ0) is 9.97. The number of furan rings is 1. The van der Waals surface area contributed by atoms with E-state index in [1.54, 1.807) is 24.5 Å². The first-order valence-corrected chi connectivity index (χ1v) is 4.29. The Morgan fingerprint density at radius 3 is 2.93 bits per heavy atom. The van der Waals surface area contributed by atoms with Crippen molar-refractivity contribution in [3.05, 3.63) is 35.9 Å². The third-order valence-corrected chi connectivity index (χ3v) is 1.81. The lowest BCUT2D eigenvalue weighted by atomic mass is 10.3. The maximum Gasteiger partial charge on any atom is 0.196 e. The molecule has 14 heavy (non-hydrogen) atoms. The van der Waals surface area contributed by atoms with E-state index in [1.807, 2.05) is 6.92 Å². The summed E-state index contributed by atoms with van der Waals surface area (Å²) in [7, 11) is 0. The number of hydrogen-bond donors (Lipinski definition) is 1. The molecule has 0 aromatic carbocycles. The van der Waals surface area contributed by atoms with Gasteiger partial charge in [0.05, 0.1) is 18.6 Å². The third-order valence-electron chi connectivity index (χ3n) is 1.81. The Kier molecular flexibility index (Phi) is 2.28. The molecule has 4 heteroatoms. The Labute approximate surface area is 81.2 Å². The smallest absolute Gasteiger partial charge is 0.196 e. The third kappa shape index (κ3) is 1.65. The summed E-state index contributed by atoms with van der Waals surface area (Å²) in [4.78, 5) is 8.35. The Bertz CT molecular complexity index is 424. The molecule has 4 nitrogen and oxygen atoms in total.